The average Bonchev–Trinajstić information content (AvgIpc) is 2.86. The molecular formula is C14H13N3O. The lowest BCUT2D eigenvalue weighted by Gasteiger charge is -2.05. The van der Waals surface area contributed by atoms with Gasteiger partial charge in [-0.25, -0.2) is 4.98 Å². The van der Waals surface area contributed by atoms with Gasteiger partial charge in [-0.3, -0.25) is 4.98 Å². The number of hydrogen-bond donors (Lipinski definition) is 1. The second kappa shape index (κ2) is 4.23. The summed E-state index contributed by atoms with van der Waals surface area (Å²) in [6.45, 7) is 2.32. The number of benzene rings is 1. The first-order valence-electron chi connectivity index (χ1n) is 5.78. The van der Waals surface area contributed by atoms with Crippen molar-refractivity contribution in [2.75, 3.05) is 0 Å². The summed E-state index contributed by atoms with van der Waals surface area (Å²) in [4.78, 5) is 8.86. The molecule has 0 aliphatic carbocycles. The molecule has 18 heavy (non-hydrogen) atoms. The maximum atomic E-state index is 5.65. The van der Waals surface area contributed by atoms with Crippen LogP contribution in [-0.2, 0) is 6.54 Å². The van der Waals surface area contributed by atoms with E-state index in [1.807, 2.05) is 31.2 Å². The summed E-state index contributed by atoms with van der Waals surface area (Å²) in [5.74, 6) is 0. The highest BCUT2D eigenvalue weighted by Gasteiger charge is 2.06. The van der Waals surface area contributed by atoms with Crippen molar-refractivity contribution < 1.29 is 4.42 Å². The van der Waals surface area contributed by atoms with Gasteiger partial charge in [0.15, 0.2) is 0 Å². The van der Waals surface area contributed by atoms with E-state index in [1.54, 1.807) is 12.5 Å². The number of hydrogen-bond acceptors (Lipinski definition) is 4. The average molecular weight is 239 g/mol. The van der Waals surface area contributed by atoms with Crippen molar-refractivity contribution in [3.8, 4) is 11.3 Å². The van der Waals surface area contributed by atoms with Crippen molar-refractivity contribution >= 4 is 11.0 Å². The van der Waals surface area contributed by atoms with E-state index in [0.29, 0.717) is 6.54 Å². The number of aromatic nitrogens is 2. The van der Waals surface area contributed by atoms with Crippen LogP contribution in [0.5, 0.6) is 0 Å². The van der Waals surface area contributed by atoms with E-state index in [0.717, 1.165) is 33.6 Å². The summed E-state index contributed by atoms with van der Waals surface area (Å²) in [5, 5.41) is 1.06. The summed E-state index contributed by atoms with van der Waals surface area (Å²) >= 11 is 0. The lowest BCUT2D eigenvalue weighted by molar-refractivity contribution is 0.616. The topological polar surface area (TPSA) is 64.9 Å². The quantitative estimate of drug-likeness (QED) is 0.746. The van der Waals surface area contributed by atoms with Gasteiger partial charge in [0.25, 0.3) is 0 Å². The zero-order valence-corrected chi connectivity index (χ0v) is 10.1. The minimum atomic E-state index is 0.403. The van der Waals surface area contributed by atoms with Crippen LogP contribution in [0.4, 0.5) is 0 Å². The molecule has 0 spiro atoms. The molecule has 4 heteroatoms. The van der Waals surface area contributed by atoms with Crippen molar-refractivity contribution in [3.63, 3.8) is 0 Å². The van der Waals surface area contributed by atoms with Gasteiger partial charge in [-0.1, -0.05) is 0 Å². The third-order valence-corrected chi connectivity index (χ3v) is 3.00. The Bertz CT molecular complexity index is 703. The van der Waals surface area contributed by atoms with Crippen LogP contribution in [-0.4, -0.2) is 9.97 Å². The van der Waals surface area contributed by atoms with Crippen molar-refractivity contribution in [2.24, 2.45) is 5.73 Å². The number of nitrogens with zero attached hydrogens (tertiary/aromatic N) is 2. The summed E-state index contributed by atoms with van der Waals surface area (Å²) in [6, 6.07) is 7.89. The fourth-order valence-electron chi connectivity index (χ4n) is 1.95. The summed E-state index contributed by atoms with van der Waals surface area (Å²) in [7, 11) is 0. The molecule has 0 bridgehead atoms. The first kappa shape index (κ1) is 10.9. The van der Waals surface area contributed by atoms with E-state index in [1.165, 1.54) is 0 Å². The first-order valence-corrected chi connectivity index (χ1v) is 5.78. The van der Waals surface area contributed by atoms with Gasteiger partial charge in [-0.05, 0) is 31.2 Å². The molecular weight excluding hydrogens is 226 g/mol. The lowest BCUT2D eigenvalue weighted by atomic mass is 10.1. The monoisotopic (exact) mass is 239 g/mol. The molecule has 0 radical (unpaired) electrons. The molecule has 0 saturated carbocycles. The Kier molecular flexibility index (Phi) is 2.57. The van der Waals surface area contributed by atoms with Crippen LogP contribution in [0.2, 0.25) is 0 Å². The molecule has 4 nitrogen and oxygen atoms in total. The zero-order chi connectivity index (χ0) is 12.5. The molecule has 0 fully saturated rings. The maximum Gasteiger partial charge on any atom is 0.133 e. The molecule has 3 rings (SSSR count). The molecule has 0 unspecified atom stereocenters. The maximum absolute atomic E-state index is 5.65. The highest BCUT2D eigenvalue weighted by molar-refractivity contribution is 5.82. The van der Waals surface area contributed by atoms with E-state index in [9.17, 15) is 0 Å². The highest BCUT2D eigenvalue weighted by Crippen LogP contribution is 2.23. The van der Waals surface area contributed by atoms with Crippen LogP contribution in [0.25, 0.3) is 22.2 Å². The highest BCUT2D eigenvalue weighted by atomic mass is 16.3. The molecule has 90 valence electrons. The van der Waals surface area contributed by atoms with Crippen LogP contribution >= 0.6 is 0 Å². The summed E-state index contributed by atoms with van der Waals surface area (Å²) in [6.07, 6.45) is 3.45. The van der Waals surface area contributed by atoms with Gasteiger partial charge in [0.2, 0.25) is 0 Å². The largest absolute Gasteiger partial charge is 0.464 e. The summed E-state index contributed by atoms with van der Waals surface area (Å²) in [5.41, 5.74) is 10.1. The molecule has 0 aliphatic heterocycles. The Morgan fingerprint density at radius 3 is 3.00 bits per heavy atom. The minimum absolute atomic E-state index is 0.403. The molecule has 0 saturated heterocycles. The molecule has 0 atom stereocenters. The predicted molar refractivity (Wildman–Crippen MR) is 69.9 cm³/mol. The molecule has 0 aliphatic rings. The number of furan rings is 1. The van der Waals surface area contributed by atoms with Gasteiger partial charge in [0.05, 0.1) is 29.5 Å². The van der Waals surface area contributed by atoms with E-state index >= 15 is 0 Å². The van der Waals surface area contributed by atoms with Gasteiger partial charge in [0, 0.05) is 17.5 Å². The fraction of sp³-hybridized carbons (Fsp3) is 0.143. The van der Waals surface area contributed by atoms with Gasteiger partial charge >= 0.3 is 0 Å². The Labute approximate surface area is 104 Å². The lowest BCUT2D eigenvalue weighted by Crippen LogP contribution is -2.05. The Hall–Kier alpha value is -2.20. The van der Waals surface area contributed by atoms with Crippen LogP contribution in [0.15, 0.2) is 41.1 Å². The van der Waals surface area contributed by atoms with E-state index in [-0.39, 0.29) is 0 Å². The van der Waals surface area contributed by atoms with Gasteiger partial charge in [0.1, 0.15) is 5.58 Å². The smallest absolute Gasteiger partial charge is 0.133 e. The number of rotatable bonds is 2. The molecule has 2 aromatic heterocycles. The summed E-state index contributed by atoms with van der Waals surface area (Å²) < 4.78 is 5.32. The van der Waals surface area contributed by atoms with Crippen molar-refractivity contribution in [1.29, 1.82) is 0 Å². The standard InChI is InChI=1S/C14H13N3O/c1-9-12(7-15)17-13(8-16-9)10-2-3-14-11(6-10)4-5-18-14/h2-6,8H,7,15H2,1H3. The van der Waals surface area contributed by atoms with Gasteiger partial charge in [-0.15, -0.1) is 0 Å². The Morgan fingerprint density at radius 1 is 1.28 bits per heavy atom. The van der Waals surface area contributed by atoms with Crippen molar-refractivity contribution in [2.45, 2.75) is 13.5 Å². The van der Waals surface area contributed by atoms with Crippen LogP contribution in [0, 0.1) is 6.92 Å². The SMILES string of the molecule is Cc1ncc(-c2ccc3occc3c2)nc1CN. The normalized spacial score (nSPS) is 11.0. The second-order valence-electron chi connectivity index (χ2n) is 4.16. The first-order chi connectivity index (χ1) is 8.78. The van der Waals surface area contributed by atoms with E-state index < -0.39 is 0 Å². The fourth-order valence-corrected chi connectivity index (χ4v) is 1.95. The minimum Gasteiger partial charge on any atom is -0.464 e. The zero-order valence-electron chi connectivity index (χ0n) is 10.1. The van der Waals surface area contributed by atoms with Crippen LogP contribution in [0.1, 0.15) is 11.4 Å². The number of nitrogens with two attached hydrogens (primary N) is 1. The molecule has 2 heterocycles. The van der Waals surface area contributed by atoms with E-state index in [4.69, 9.17) is 10.2 Å². The number of aryl methyl sites for hydroxylation is 1. The van der Waals surface area contributed by atoms with Crippen molar-refractivity contribution in [1.82, 2.24) is 9.97 Å². The molecule has 3 aromatic rings. The van der Waals surface area contributed by atoms with Crippen LogP contribution in [0.3, 0.4) is 0 Å². The van der Waals surface area contributed by atoms with Gasteiger partial charge < -0.3 is 10.2 Å². The predicted octanol–water partition coefficient (Wildman–Crippen LogP) is 2.66. The Balaban J connectivity index is 2.13. The van der Waals surface area contributed by atoms with Crippen molar-refractivity contribution in [3.05, 3.63) is 48.1 Å². The van der Waals surface area contributed by atoms with Gasteiger partial charge in [-0.2, -0.15) is 0 Å². The second-order valence-corrected chi connectivity index (χ2v) is 4.16. The van der Waals surface area contributed by atoms with E-state index in [2.05, 4.69) is 9.97 Å². The van der Waals surface area contributed by atoms with Crippen LogP contribution < -0.4 is 5.73 Å². The third-order valence-electron chi connectivity index (χ3n) is 3.00. The molecule has 2 N–H and O–H groups in total. The Morgan fingerprint density at radius 2 is 2.17 bits per heavy atom. The molecule has 0 amide bonds. The number of fused-ring (bicyclic) bond motifs is 1. The third kappa shape index (κ3) is 1.76. The molecule has 1 aromatic carbocycles.